The fraction of sp³-hybridized carbons (Fsp3) is 0.467. The van der Waals surface area contributed by atoms with Crippen LogP contribution in [0.1, 0.15) is 25.3 Å². The highest BCUT2D eigenvalue weighted by Gasteiger charge is 2.51. The van der Waals surface area contributed by atoms with Crippen LogP contribution in [0, 0.1) is 0 Å². The minimum Gasteiger partial charge on any atom is -0.481 e. The molecule has 1 saturated carbocycles. The van der Waals surface area contributed by atoms with Gasteiger partial charge in [-0.05, 0) is 37.5 Å². The first kappa shape index (κ1) is 15.3. The number of carboxylic acid groups (broad SMARTS) is 1. The SMILES string of the molecule is COC(C)CNC(=O)Nc1ccc(C2(C(=O)O)CC2)cc1. The van der Waals surface area contributed by atoms with Crippen LogP contribution in [0.15, 0.2) is 24.3 Å². The molecule has 0 radical (unpaired) electrons. The lowest BCUT2D eigenvalue weighted by Crippen LogP contribution is -2.34. The van der Waals surface area contributed by atoms with Gasteiger partial charge in [0.1, 0.15) is 0 Å². The normalized spacial score (nSPS) is 16.9. The van der Waals surface area contributed by atoms with Gasteiger partial charge in [0.2, 0.25) is 0 Å². The molecule has 1 unspecified atom stereocenters. The van der Waals surface area contributed by atoms with Crippen LogP contribution in [-0.2, 0) is 14.9 Å². The molecular weight excluding hydrogens is 272 g/mol. The number of hydrogen-bond donors (Lipinski definition) is 3. The molecule has 1 aliphatic carbocycles. The van der Waals surface area contributed by atoms with Gasteiger partial charge in [-0.3, -0.25) is 4.79 Å². The van der Waals surface area contributed by atoms with E-state index in [1.54, 1.807) is 31.4 Å². The lowest BCUT2D eigenvalue weighted by atomic mass is 9.96. The number of hydrogen-bond acceptors (Lipinski definition) is 3. The van der Waals surface area contributed by atoms with Crippen LogP contribution in [0.25, 0.3) is 0 Å². The molecule has 0 bridgehead atoms. The van der Waals surface area contributed by atoms with Crippen molar-refractivity contribution in [2.45, 2.75) is 31.3 Å². The molecule has 21 heavy (non-hydrogen) atoms. The number of anilines is 1. The predicted octanol–water partition coefficient (Wildman–Crippen LogP) is 1.96. The number of amides is 2. The van der Waals surface area contributed by atoms with E-state index in [4.69, 9.17) is 4.74 Å². The van der Waals surface area contributed by atoms with Gasteiger partial charge < -0.3 is 20.5 Å². The summed E-state index contributed by atoms with van der Waals surface area (Å²) >= 11 is 0. The lowest BCUT2D eigenvalue weighted by Gasteiger charge is -2.13. The maximum absolute atomic E-state index is 11.7. The maximum Gasteiger partial charge on any atom is 0.319 e. The number of urea groups is 1. The van der Waals surface area contributed by atoms with Crippen LogP contribution in [0.2, 0.25) is 0 Å². The number of aliphatic carboxylic acids is 1. The second kappa shape index (κ2) is 6.13. The molecule has 1 aliphatic rings. The van der Waals surface area contributed by atoms with E-state index in [0.29, 0.717) is 25.1 Å². The van der Waals surface area contributed by atoms with Crippen LogP contribution >= 0.6 is 0 Å². The highest BCUT2D eigenvalue weighted by molar-refractivity contribution is 5.89. The molecule has 0 aliphatic heterocycles. The molecule has 0 heterocycles. The summed E-state index contributed by atoms with van der Waals surface area (Å²) in [6.07, 6.45) is 1.29. The average Bonchev–Trinajstić information content (AvgIpc) is 3.27. The van der Waals surface area contributed by atoms with Crippen LogP contribution in [0.3, 0.4) is 0 Å². The zero-order valence-electron chi connectivity index (χ0n) is 12.2. The number of rotatable bonds is 6. The van der Waals surface area contributed by atoms with Gasteiger partial charge in [0.05, 0.1) is 11.5 Å². The number of nitrogens with one attached hydrogen (secondary N) is 2. The van der Waals surface area contributed by atoms with Gasteiger partial charge >= 0.3 is 12.0 Å². The molecule has 1 aromatic rings. The van der Waals surface area contributed by atoms with Crippen molar-refractivity contribution in [3.63, 3.8) is 0 Å². The number of carbonyl (C=O) groups is 2. The number of ether oxygens (including phenoxy) is 1. The van der Waals surface area contributed by atoms with Crippen molar-refractivity contribution in [1.82, 2.24) is 5.32 Å². The molecule has 0 spiro atoms. The highest BCUT2D eigenvalue weighted by Crippen LogP contribution is 2.48. The molecular formula is C15H20N2O4. The molecule has 2 amide bonds. The van der Waals surface area contributed by atoms with E-state index in [9.17, 15) is 14.7 Å². The minimum absolute atomic E-state index is 0.0524. The van der Waals surface area contributed by atoms with E-state index in [-0.39, 0.29) is 12.1 Å². The number of benzene rings is 1. The van der Waals surface area contributed by atoms with Crippen molar-refractivity contribution >= 4 is 17.7 Å². The van der Waals surface area contributed by atoms with Gasteiger partial charge in [0.15, 0.2) is 0 Å². The Morgan fingerprint density at radius 1 is 1.33 bits per heavy atom. The first-order valence-corrected chi connectivity index (χ1v) is 6.89. The van der Waals surface area contributed by atoms with E-state index < -0.39 is 11.4 Å². The van der Waals surface area contributed by atoms with Gasteiger partial charge in [-0.1, -0.05) is 12.1 Å². The van der Waals surface area contributed by atoms with Crippen LogP contribution in [0.4, 0.5) is 10.5 Å². The van der Waals surface area contributed by atoms with E-state index in [2.05, 4.69) is 10.6 Å². The third-order valence-electron chi connectivity index (χ3n) is 3.81. The van der Waals surface area contributed by atoms with Crippen LogP contribution < -0.4 is 10.6 Å². The van der Waals surface area contributed by atoms with Crippen molar-refractivity contribution in [1.29, 1.82) is 0 Å². The molecule has 1 aromatic carbocycles. The Hall–Kier alpha value is -2.08. The molecule has 6 heteroatoms. The highest BCUT2D eigenvalue weighted by atomic mass is 16.5. The predicted molar refractivity (Wildman–Crippen MR) is 78.5 cm³/mol. The minimum atomic E-state index is -0.783. The Morgan fingerprint density at radius 2 is 1.95 bits per heavy atom. The Kier molecular flexibility index (Phi) is 4.47. The topological polar surface area (TPSA) is 87.7 Å². The fourth-order valence-electron chi connectivity index (χ4n) is 2.12. The summed E-state index contributed by atoms with van der Waals surface area (Å²) in [7, 11) is 1.58. The molecule has 1 fully saturated rings. The Balaban J connectivity index is 1.91. The smallest absolute Gasteiger partial charge is 0.319 e. The van der Waals surface area contributed by atoms with Gasteiger partial charge in [0, 0.05) is 19.3 Å². The summed E-state index contributed by atoms with van der Waals surface area (Å²) in [5, 5.41) is 14.6. The molecule has 114 valence electrons. The van der Waals surface area contributed by atoms with Gasteiger partial charge in [-0.25, -0.2) is 4.79 Å². The first-order valence-electron chi connectivity index (χ1n) is 6.89. The Bertz CT molecular complexity index is 523. The van der Waals surface area contributed by atoms with Crippen molar-refractivity contribution in [3.05, 3.63) is 29.8 Å². The van der Waals surface area contributed by atoms with Crippen LogP contribution in [0.5, 0.6) is 0 Å². The summed E-state index contributed by atoms with van der Waals surface area (Å²) in [5.74, 6) is -0.783. The van der Waals surface area contributed by atoms with Gasteiger partial charge in [0.25, 0.3) is 0 Å². The summed E-state index contributed by atoms with van der Waals surface area (Å²) in [5.41, 5.74) is 0.700. The third kappa shape index (κ3) is 3.52. The monoisotopic (exact) mass is 292 g/mol. The molecule has 2 rings (SSSR count). The molecule has 0 aromatic heterocycles. The van der Waals surface area contributed by atoms with Gasteiger partial charge in [-0.2, -0.15) is 0 Å². The van der Waals surface area contributed by atoms with Crippen molar-refractivity contribution in [3.8, 4) is 0 Å². The average molecular weight is 292 g/mol. The first-order chi connectivity index (χ1) is 9.98. The molecule has 1 atom stereocenters. The molecule has 3 N–H and O–H groups in total. The zero-order valence-corrected chi connectivity index (χ0v) is 12.2. The largest absolute Gasteiger partial charge is 0.481 e. The maximum atomic E-state index is 11.7. The summed E-state index contributed by atoms with van der Waals surface area (Å²) in [6.45, 7) is 2.28. The summed E-state index contributed by atoms with van der Waals surface area (Å²) < 4.78 is 5.04. The van der Waals surface area contributed by atoms with E-state index in [1.165, 1.54) is 0 Å². The number of methoxy groups -OCH3 is 1. The summed E-state index contributed by atoms with van der Waals surface area (Å²) in [6, 6.07) is 6.64. The standard InChI is InChI=1S/C15H20N2O4/c1-10(21-2)9-16-14(20)17-12-5-3-11(4-6-12)15(7-8-15)13(18)19/h3-6,10H,7-9H2,1-2H3,(H,18,19)(H2,16,17,20). The molecule has 6 nitrogen and oxygen atoms in total. The van der Waals surface area contributed by atoms with E-state index >= 15 is 0 Å². The Labute approximate surface area is 123 Å². The third-order valence-corrected chi connectivity index (χ3v) is 3.81. The fourth-order valence-corrected chi connectivity index (χ4v) is 2.12. The number of carbonyl (C=O) groups excluding carboxylic acids is 1. The Morgan fingerprint density at radius 3 is 2.43 bits per heavy atom. The zero-order chi connectivity index (χ0) is 15.5. The number of carboxylic acids is 1. The van der Waals surface area contributed by atoms with E-state index in [1.807, 2.05) is 6.92 Å². The van der Waals surface area contributed by atoms with E-state index in [0.717, 1.165) is 5.56 Å². The van der Waals surface area contributed by atoms with Crippen LogP contribution in [-0.4, -0.2) is 36.9 Å². The lowest BCUT2D eigenvalue weighted by molar-refractivity contribution is -0.140. The van der Waals surface area contributed by atoms with Crippen molar-refractivity contribution < 1.29 is 19.4 Å². The summed E-state index contributed by atoms with van der Waals surface area (Å²) in [4.78, 5) is 22.9. The van der Waals surface area contributed by atoms with Crippen molar-refractivity contribution in [2.24, 2.45) is 0 Å². The second-order valence-electron chi connectivity index (χ2n) is 5.35. The second-order valence-corrected chi connectivity index (χ2v) is 5.35. The molecule has 0 saturated heterocycles. The van der Waals surface area contributed by atoms with Gasteiger partial charge in [-0.15, -0.1) is 0 Å². The quantitative estimate of drug-likeness (QED) is 0.748. The van der Waals surface area contributed by atoms with Crippen molar-refractivity contribution in [2.75, 3.05) is 19.0 Å².